The van der Waals surface area contributed by atoms with Crippen LogP contribution >= 0.6 is 11.6 Å². The zero-order chi connectivity index (χ0) is 33.5. The van der Waals surface area contributed by atoms with Gasteiger partial charge in [0.05, 0.1) is 40.6 Å². The molecule has 3 aliphatic rings. The first-order valence-corrected chi connectivity index (χ1v) is 16.3. The fourth-order valence-electron chi connectivity index (χ4n) is 7.71. The van der Waals surface area contributed by atoms with Gasteiger partial charge in [-0.1, -0.05) is 11.6 Å². The quantitative estimate of drug-likeness (QED) is 0.217. The summed E-state index contributed by atoms with van der Waals surface area (Å²) in [6.07, 6.45) is 3.70. The lowest BCUT2D eigenvalue weighted by Gasteiger charge is -2.35. The fraction of sp³-hybridized carbons (Fsp3) is 0.424. The number of hydrogen-bond acceptors (Lipinski definition) is 10. The van der Waals surface area contributed by atoms with Crippen molar-refractivity contribution in [3.63, 3.8) is 0 Å². The van der Waals surface area contributed by atoms with Crippen molar-refractivity contribution in [2.45, 2.75) is 63.8 Å². The minimum Gasteiger partial charge on any atom is -0.475 e. The van der Waals surface area contributed by atoms with E-state index in [0.717, 1.165) is 25.6 Å². The Balaban J connectivity index is 1.34. The van der Waals surface area contributed by atoms with Gasteiger partial charge >= 0.3 is 6.01 Å². The van der Waals surface area contributed by atoms with E-state index in [9.17, 15) is 8.78 Å². The molecule has 2 saturated heterocycles. The Morgan fingerprint density at radius 3 is 2.90 bits per heavy atom. The van der Waals surface area contributed by atoms with Crippen molar-refractivity contribution < 1.29 is 22.6 Å². The van der Waals surface area contributed by atoms with E-state index in [4.69, 9.17) is 36.8 Å². The van der Waals surface area contributed by atoms with Crippen LogP contribution in [0.3, 0.4) is 0 Å². The molecule has 8 rings (SSSR count). The van der Waals surface area contributed by atoms with Gasteiger partial charge in [0.25, 0.3) is 0 Å². The van der Waals surface area contributed by atoms with E-state index in [1.165, 1.54) is 6.07 Å². The summed E-state index contributed by atoms with van der Waals surface area (Å²) in [5, 5.41) is 8.15. The van der Waals surface area contributed by atoms with Crippen molar-refractivity contribution in [2.24, 2.45) is 0 Å². The number of alkyl halides is 1. The van der Waals surface area contributed by atoms with Crippen LogP contribution in [0.25, 0.3) is 33.1 Å². The van der Waals surface area contributed by atoms with E-state index < -0.39 is 29.4 Å². The molecule has 0 unspecified atom stereocenters. The maximum Gasteiger partial charge on any atom is 0.319 e. The Labute approximate surface area is 278 Å². The average molecular weight is 680 g/mol. The van der Waals surface area contributed by atoms with Crippen molar-refractivity contribution in [1.82, 2.24) is 35.0 Å². The minimum atomic E-state index is -0.955. The van der Waals surface area contributed by atoms with E-state index in [0.29, 0.717) is 45.6 Å². The molecule has 7 heterocycles. The number of nitrogens with two attached hydrogens (primary N) is 1. The molecular weight excluding hydrogens is 647 g/mol. The number of aromatic nitrogens is 6. The predicted molar refractivity (Wildman–Crippen MR) is 175 cm³/mol. The minimum absolute atomic E-state index is 0.0717. The summed E-state index contributed by atoms with van der Waals surface area (Å²) in [7, 11) is 0. The summed E-state index contributed by atoms with van der Waals surface area (Å²) < 4.78 is 58.7. The van der Waals surface area contributed by atoms with Crippen LogP contribution in [-0.2, 0) is 0 Å². The van der Waals surface area contributed by atoms with Crippen LogP contribution in [0, 0.1) is 18.6 Å². The fourth-order valence-corrected chi connectivity index (χ4v) is 7.95. The molecule has 15 heteroatoms. The standard InChI is InChI=1S/C33H33ClF3N9O2/c1-15-7-22-21(11-40-44-22)23(25(15)34)27-26(37)28-24-30(43-32(42-28)48-14-33-5-4-6-45(33)12-19(36)9-33)46(16(2)13-47-31(24)41-27)17(3)20-8-18(35)10-39-29(20)38/h7-8,10-11,16-17,19H,4-6,9,12-14H2,1-3H3,(H2,38,39)(H,40,44)/t16-,17+,19+,33-/m0/s1. The molecule has 5 aromatic rings. The van der Waals surface area contributed by atoms with E-state index in [-0.39, 0.29) is 59.4 Å². The first-order chi connectivity index (χ1) is 23.0. The Kier molecular flexibility index (Phi) is 7.29. The van der Waals surface area contributed by atoms with E-state index >= 15 is 4.39 Å². The van der Waals surface area contributed by atoms with Crippen molar-refractivity contribution >= 4 is 45.0 Å². The molecule has 2 fully saturated rings. The topological polar surface area (TPSA) is 131 Å². The third kappa shape index (κ3) is 4.79. The lowest BCUT2D eigenvalue weighted by atomic mass is 9.95. The second kappa shape index (κ2) is 11.3. The van der Waals surface area contributed by atoms with Gasteiger partial charge in [-0.3, -0.25) is 10.00 Å². The molecule has 1 aromatic carbocycles. The number of aromatic amines is 1. The highest BCUT2D eigenvalue weighted by Crippen LogP contribution is 2.46. The average Bonchev–Trinajstić information content (AvgIpc) is 3.73. The van der Waals surface area contributed by atoms with Gasteiger partial charge in [-0.2, -0.15) is 15.1 Å². The molecule has 0 bridgehead atoms. The van der Waals surface area contributed by atoms with Crippen LogP contribution in [0.2, 0.25) is 5.02 Å². The number of fused-ring (bicyclic) bond motifs is 2. The number of rotatable bonds is 6. The highest BCUT2D eigenvalue weighted by atomic mass is 35.5. The van der Waals surface area contributed by atoms with Gasteiger partial charge in [-0.25, -0.2) is 23.1 Å². The summed E-state index contributed by atoms with van der Waals surface area (Å²) in [6, 6.07) is 2.08. The normalized spacial score (nSPS) is 23.0. The molecule has 48 heavy (non-hydrogen) atoms. The number of nitrogens with zero attached hydrogens (tertiary/aromatic N) is 7. The van der Waals surface area contributed by atoms with Crippen LogP contribution in [-0.4, -0.2) is 79.1 Å². The lowest BCUT2D eigenvalue weighted by molar-refractivity contribution is 0.107. The number of pyridine rings is 2. The lowest BCUT2D eigenvalue weighted by Crippen LogP contribution is -2.43. The third-order valence-corrected chi connectivity index (χ3v) is 10.5. The summed E-state index contributed by atoms with van der Waals surface area (Å²) >= 11 is 6.82. The molecular formula is C33H33ClF3N9O2. The molecule has 4 atom stereocenters. The van der Waals surface area contributed by atoms with Crippen LogP contribution in [0.5, 0.6) is 11.9 Å². The highest BCUT2D eigenvalue weighted by Gasteiger charge is 2.49. The van der Waals surface area contributed by atoms with Gasteiger partial charge in [-0.05, 0) is 57.9 Å². The molecule has 4 aromatic heterocycles. The molecule has 0 radical (unpaired) electrons. The Bertz CT molecular complexity index is 2100. The van der Waals surface area contributed by atoms with E-state index in [2.05, 4.69) is 25.1 Å². The van der Waals surface area contributed by atoms with Gasteiger partial charge in [0.2, 0.25) is 5.88 Å². The number of nitrogens with one attached hydrogen (secondary N) is 1. The number of hydrogen-bond donors (Lipinski definition) is 2. The summed E-state index contributed by atoms with van der Waals surface area (Å²) in [5.41, 5.74) is 7.67. The molecule has 3 N–H and O–H groups in total. The Hall–Kier alpha value is -4.43. The Morgan fingerprint density at radius 1 is 1.23 bits per heavy atom. The summed E-state index contributed by atoms with van der Waals surface area (Å²) in [5.74, 6) is -0.809. The molecule has 3 aliphatic heterocycles. The van der Waals surface area contributed by atoms with Gasteiger partial charge in [-0.15, -0.1) is 0 Å². The molecule has 11 nitrogen and oxygen atoms in total. The van der Waals surface area contributed by atoms with Crippen molar-refractivity contribution in [3.8, 4) is 23.1 Å². The summed E-state index contributed by atoms with van der Waals surface area (Å²) in [4.78, 5) is 22.1. The van der Waals surface area contributed by atoms with Gasteiger partial charge in [0.15, 0.2) is 5.82 Å². The smallest absolute Gasteiger partial charge is 0.319 e. The van der Waals surface area contributed by atoms with Crippen LogP contribution < -0.4 is 20.1 Å². The predicted octanol–water partition coefficient (Wildman–Crippen LogP) is 6.09. The van der Waals surface area contributed by atoms with Crippen LogP contribution in [0.4, 0.5) is 24.8 Å². The maximum atomic E-state index is 17.1. The second-order valence-electron chi connectivity index (χ2n) is 13.1. The Morgan fingerprint density at radius 2 is 2.06 bits per heavy atom. The van der Waals surface area contributed by atoms with Gasteiger partial charge in [0, 0.05) is 29.5 Å². The van der Waals surface area contributed by atoms with E-state index in [1.807, 2.05) is 31.7 Å². The first-order valence-electron chi connectivity index (χ1n) is 15.9. The number of anilines is 2. The SMILES string of the molecule is Cc1cc2[nH]ncc2c(-c2nc3c4c(nc(OC[C@@]56CCCN5C[C@H](F)C6)nc4c2F)N([C@H](C)c2cc(F)cnc2N)[C@@H](C)CO3)c1Cl. The molecule has 0 saturated carbocycles. The van der Waals surface area contributed by atoms with Gasteiger partial charge in [0.1, 0.15) is 53.4 Å². The number of ether oxygens (including phenoxy) is 2. The largest absolute Gasteiger partial charge is 0.475 e. The molecule has 0 aliphatic carbocycles. The second-order valence-corrected chi connectivity index (χ2v) is 13.5. The zero-order valence-corrected chi connectivity index (χ0v) is 27.3. The highest BCUT2D eigenvalue weighted by molar-refractivity contribution is 6.35. The number of halogens is 4. The van der Waals surface area contributed by atoms with Gasteiger partial charge < -0.3 is 20.1 Å². The number of nitrogen functional groups attached to an aromatic ring is 1. The summed E-state index contributed by atoms with van der Waals surface area (Å²) in [6.45, 7) is 6.93. The van der Waals surface area contributed by atoms with Crippen LogP contribution in [0.15, 0.2) is 24.5 Å². The number of H-pyrrole nitrogens is 1. The van der Waals surface area contributed by atoms with Crippen LogP contribution in [0.1, 0.15) is 50.3 Å². The maximum absolute atomic E-state index is 17.1. The molecule has 0 amide bonds. The van der Waals surface area contributed by atoms with Crippen molar-refractivity contribution in [3.05, 3.63) is 52.3 Å². The third-order valence-electron chi connectivity index (χ3n) is 10.0. The van der Waals surface area contributed by atoms with Crippen molar-refractivity contribution in [2.75, 3.05) is 36.9 Å². The molecule has 0 spiro atoms. The zero-order valence-electron chi connectivity index (χ0n) is 26.5. The monoisotopic (exact) mass is 679 g/mol. The molecule has 250 valence electrons. The number of aryl methyl sites for hydroxylation is 1. The number of benzene rings is 1. The van der Waals surface area contributed by atoms with Crippen molar-refractivity contribution in [1.29, 1.82) is 0 Å². The first kappa shape index (κ1) is 30.9. The van der Waals surface area contributed by atoms with E-state index in [1.54, 1.807) is 6.20 Å².